The van der Waals surface area contributed by atoms with Crippen molar-refractivity contribution in [2.75, 3.05) is 31.9 Å². The van der Waals surface area contributed by atoms with Crippen molar-refractivity contribution in [3.05, 3.63) is 18.2 Å². The summed E-state index contributed by atoms with van der Waals surface area (Å²) in [5.74, 6) is 0.805. The van der Waals surface area contributed by atoms with Crippen LogP contribution < -0.4 is 14.8 Å². The molecule has 0 radical (unpaired) electrons. The first-order valence-electron chi connectivity index (χ1n) is 6.24. The quantitative estimate of drug-likeness (QED) is 0.575. The van der Waals surface area contributed by atoms with Gasteiger partial charge in [-0.25, -0.2) is 0 Å². The predicted molar refractivity (Wildman–Crippen MR) is 78.2 cm³/mol. The van der Waals surface area contributed by atoms with Gasteiger partial charge < -0.3 is 14.8 Å². The van der Waals surface area contributed by atoms with E-state index in [0.29, 0.717) is 23.6 Å². The summed E-state index contributed by atoms with van der Waals surface area (Å²) < 4.78 is 36.8. The zero-order valence-electron chi connectivity index (χ0n) is 12.2. The third kappa shape index (κ3) is 6.96. The van der Waals surface area contributed by atoms with Crippen molar-refractivity contribution in [3.63, 3.8) is 0 Å². The third-order valence-corrected chi connectivity index (χ3v) is 2.92. The molecule has 0 aliphatic carbocycles. The number of nitrogens with one attached hydrogen (secondary N) is 1. The fraction of sp³-hybridized carbons (Fsp3) is 0.462. The zero-order valence-corrected chi connectivity index (χ0v) is 13.0. The summed E-state index contributed by atoms with van der Waals surface area (Å²) in [6.45, 7) is 1.76. The zero-order chi connectivity index (χ0) is 15.9. The molecule has 0 fully saturated rings. The van der Waals surface area contributed by atoms with Crippen LogP contribution in [0.25, 0.3) is 0 Å². The van der Waals surface area contributed by atoms with Gasteiger partial charge in [0.25, 0.3) is 10.1 Å². The minimum Gasteiger partial charge on any atom is -0.493 e. The minimum atomic E-state index is -3.42. The molecule has 0 bridgehead atoms. The molecule has 0 unspecified atom stereocenters. The van der Waals surface area contributed by atoms with Crippen molar-refractivity contribution in [1.82, 2.24) is 0 Å². The van der Waals surface area contributed by atoms with E-state index in [1.54, 1.807) is 18.2 Å². The lowest BCUT2D eigenvalue weighted by Crippen LogP contribution is -2.09. The topological polar surface area (TPSA) is 90.9 Å². The maximum Gasteiger partial charge on any atom is 0.264 e. The van der Waals surface area contributed by atoms with E-state index < -0.39 is 10.1 Å². The smallest absolute Gasteiger partial charge is 0.264 e. The number of benzene rings is 1. The lowest BCUT2D eigenvalue weighted by molar-refractivity contribution is -0.114. The number of carbonyl (C=O) groups is 1. The fourth-order valence-electron chi connectivity index (χ4n) is 1.52. The Hall–Kier alpha value is -1.80. The third-order valence-electron chi connectivity index (χ3n) is 2.33. The Morgan fingerprint density at radius 2 is 1.95 bits per heavy atom. The van der Waals surface area contributed by atoms with Gasteiger partial charge in [-0.15, -0.1) is 0 Å². The normalized spacial score (nSPS) is 11.0. The Labute approximate surface area is 124 Å². The molecule has 0 aliphatic heterocycles. The number of amides is 1. The van der Waals surface area contributed by atoms with E-state index in [4.69, 9.17) is 9.47 Å². The Morgan fingerprint density at radius 3 is 2.52 bits per heavy atom. The van der Waals surface area contributed by atoms with Gasteiger partial charge in [0.05, 0.1) is 26.6 Å². The van der Waals surface area contributed by atoms with E-state index in [9.17, 15) is 13.2 Å². The fourth-order valence-corrected chi connectivity index (χ4v) is 1.94. The van der Waals surface area contributed by atoms with Crippen LogP contribution in [0.2, 0.25) is 0 Å². The first-order chi connectivity index (χ1) is 9.81. The second kappa shape index (κ2) is 7.84. The largest absolute Gasteiger partial charge is 0.493 e. The monoisotopic (exact) mass is 317 g/mol. The van der Waals surface area contributed by atoms with E-state index in [0.717, 1.165) is 6.26 Å². The highest BCUT2D eigenvalue weighted by Gasteiger charge is 2.07. The standard InChI is InChI=1S/C13H19NO6S/c1-10(15)14-11-5-6-12(13(9-11)18-2)19-7-4-8-20-21(3,16)17/h5-6,9H,4,7-8H2,1-3H3,(H,14,15). The van der Waals surface area contributed by atoms with E-state index in [1.807, 2.05) is 0 Å². The van der Waals surface area contributed by atoms with Crippen molar-refractivity contribution in [3.8, 4) is 11.5 Å². The molecule has 0 aromatic heterocycles. The SMILES string of the molecule is COc1cc(NC(C)=O)ccc1OCCCOS(C)(=O)=O. The summed E-state index contributed by atoms with van der Waals surface area (Å²) in [5.41, 5.74) is 0.604. The maximum atomic E-state index is 11.0. The van der Waals surface area contributed by atoms with Gasteiger partial charge in [-0.1, -0.05) is 0 Å². The van der Waals surface area contributed by atoms with Crippen molar-refractivity contribution in [1.29, 1.82) is 0 Å². The molecular weight excluding hydrogens is 298 g/mol. The number of ether oxygens (including phenoxy) is 2. The van der Waals surface area contributed by atoms with E-state index in [-0.39, 0.29) is 19.1 Å². The number of hydrogen-bond acceptors (Lipinski definition) is 6. The molecular formula is C13H19NO6S. The summed E-state index contributed by atoms with van der Waals surface area (Å²) in [5, 5.41) is 2.64. The van der Waals surface area contributed by atoms with Gasteiger partial charge in [-0.3, -0.25) is 8.98 Å². The Morgan fingerprint density at radius 1 is 1.24 bits per heavy atom. The molecule has 1 rings (SSSR count). The van der Waals surface area contributed by atoms with Gasteiger partial charge in [0.15, 0.2) is 11.5 Å². The Balaban J connectivity index is 2.53. The van der Waals surface area contributed by atoms with Crippen LogP contribution in [0.3, 0.4) is 0 Å². The van der Waals surface area contributed by atoms with Gasteiger partial charge in [0, 0.05) is 25.1 Å². The molecule has 0 saturated carbocycles. The molecule has 21 heavy (non-hydrogen) atoms. The van der Waals surface area contributed by atoms with Crippen LogP contribution >= 0.6 is 0 Å². The summed E-state index contributed by atoms with van der Waals surface area (Å²) >= 11 is 0. The molecule has 1 aromatic rings. The van der Waals surface area contributed by atoms with Gasteiger partial charge in [0.2, 0.25) is 5.91 Å². The lowest BCUT2D eigenvalue weighted by atomic mass is 10.2. The van der Waals surface area contributed by atoms with Crippen LogP contribution in [0.1, 0.15) is 13.3 Å². The van der Waals surface area contributed by atoms with Crippen LogP contribution in [0.5, 0.6) is 11.5 Å². The summed E-state index contributed by atoms with van der Waals surface area (Å²) in [7, 11) is -1.93. The van der Waals surface area contributed by atoms with Crippen LogP contribution in [0.4, 0.5) is 5.69 Å². The van der Waals surface area contributed by atoms with Crippen LogP contribution in [0, 0.1) is 0 Å². The average Bonchev–Trinajstić information content (AvgIpc) is 2.37. The maximum absolute atomic E-state index is 11.0. The molecule has 7 nitrogen and oxygen atoms in total. The highest BCUT2D eigenvalue weighted by molar-refractivity contribution is 7.85. The van der Waals surface area contributed by atoms with Crippen molar-refractivity contribution in [2.24, 2.45) is 0 Å². The molecule has 1 N–H and O–H groups in total. The van der Waals surface area contributed by atoms with Crippen molar-refractivity contribution < 1.29 is 26.9 Å². The second-order valence-electron chi connectivity index (χ2n) is 4.27. The first kappa shape index (κ1) is 17.3. The summed E-state index contributed by atoms with van der Waals surface area (Å²) in [4.78, 5) is 11.0. The second-order valence-corrected chi connectivity index (χ2v) is 5.92. The number of rotatable bonds is 8. The van der Waals surface area contributed by atoms with Gasteiger partial charge in [-0.05, 0) is 12.1 Å². The summed E-state index contributed by atoms with van der Waals surface area (Å²) in [6.07, 6.45) is 1.42. The molecule has 0 spiro atoms. The van der Waals surface area contributed by atoms with Gasteiger partial charge >= 0.3 is 0 Å². The van der Waals surface area contributed by atoms with E-state index in [2.05, 4.69) is 9.50 Å². The molecule has 0 heterocycles. The first-order valence-corrected chi connectivity index (χ1v) is 8.06. The molecule has 0 aliphatic rings. The van der Waals surface area contributed by atoms with E-state index in [1.165, 1.54) is 14.0 Å². The number of hydrogen-bond donors (Lipinski definition) is 1. The van der Waals surface area contributed by atoms with Crippen LogP contribution in [-0.4, -0.2) is 40.9 Å². The predicted octanol–water partition coefficient (Wildman–Crippen LogP) is 1.40. The summed E-state index contributed by atoms with van der Waals surface area (Å²) in [6, 6.07) is 5.00. The van der Waals surface area contributed by atoms with Gasteiger partial charge in [0.1, 0.15) is 0 Å². The molecule has 0 atom stereocenters. The highest BCUT2D eigenvalue weighted by atomic mass is 32.2. The highest BCUT2D eigenvalue weighted by Crippen LogP contribution is 2.30. The molecule has 0 saturated heterocycles. The molecule has 118 valence electrons. The van der Waals surface area contributed by atoms with Crippen LogP contribution in [0.15, 0.2) is 18.2 Å². The minimum absolute atomic E-state index is 0.0606. The lowest BCUT2D eigenvalue weighted by Gasteiger charge is -2.12. The Bertz CT molecular complexity index is 584. The Kier molecular flexibility index (Phi) is 6.44. The van der Waals surface area contributed by atoms with E-state index >= 15 is 0 Å². The molecule has 8 heteroatoms. The van der Waals surface area contributed by atoms with Crippen LogP contribution in [-0.2, 0) is 19.1 Å². The molecule has 1 aromatic carbocycles. The van der Waals surface area contributed by atoms with Crippen molar-refractivity contribution >= 4 is 21.7 Å². The van der Waals surface area contributed by atoms with Gasteiger partial charge in [-0.2, -0.15) is 8.42 Å². The van der Waals surface area contributed by atoms with Crippen molar-refractivity contribution in [2.45, 2.75) is 13.3 Å². The number of anilines is 1. The average molecular weight is 317 g/mol. The molecule has 1 amide bonds. The number of carbonyl (C=O) groups excluding carboxylic acids is 1. The number of methoxy groups -OCH3 is 1.